The molecule has 0 aliphatic heterocycles. The Hall–Kier alpha value is -1.77. The van der Waals surface area contributed by atoms with Crippen molar-refractivity contribution in [2.75, 3.05) is 7.05 Å². The third-order valence-electron chi connectivity index (χ3n) is 2.29. The molecule has 100 valence electrons. The molecule has 0 aliphatic carbocycles. The largest absolute Gasteiger partial charge is 0.375 e. The summed E-state index contributed by atoms with van der Waals surface area (Å²) in [4.78, 5) is 4.44. The summed E-state index contributed by atoms with van der Waals surface area (Å²) in [5.74, 6) is 1.79. The number of imidazole rings is 1. The SMILES string of the molecule is C=C(NC)n1c(C)nc2ccccc21.CC.CC. The van der Waals surface area contributed by atoms with Gasteiger partial charge in [-0.1, -0.05) is 46.4 Å². The number of rotatable bonds is 2. The number of fused-ring (bicyclic) bond motifs is 1. The van der Waals surface area contributed by atoms with Crippen LogP contribution in [-0.2, 0) is 0 Å². The minimum atomic E-state index is 0.844. The van der Waals surface area contributed by atoms with Crippen molar-refractivity contribution in [1.82, 2.24) is 14.9 Å². The molecule has 0 atom stereocenters. The van der Waals surface area contributed by atoms with Crippen molar-refractivity contribution < 1.29 is 0 Å². The zero-order valence-electron chi connectivity index (χ0n) is 12.4. The van der Waals surface area contributed by atoms with Gasteiger partial charge < -0.3 is 5.32 Å². The molecule has 0 radical (unpaired) electrons. The van der Waals surface area contributed by atoms with Crippen LogP contribution < -0.4 is 5.32 Å². The number of aromatic nitrogens is 2. The van der Waals surface area contributed by atoms with E-state index >= 15 is 0 Å². The van der Waals surface area contributed by atoms with Crippen molar-refractivity contribution in [3.8, 4) is 0 Å². The van der Waals surface area contributed by atoms with Gasteiger partial charge in [-0.2, -0.15) is 0 Å². The lowest BCUT2D eigenvalue weighted by atomic mass is 10.3. The monoisotopic (exact) mass is 247 g/mol. The first-order chi connectivity index (χ1) is 8.74. The molecular formula is C15H25N3. The minimum Gasteiger partial charge on any atom is -0.375 e. The van der Waals surface area contributed by atoms with Crippen LogP contribution in [0.5, 0.6) is 0 Å². The van der Waals surface area contributed by atoms with E-state index in [4.69, 9.17) is 0 Å². The third kappa shape index (κ3) is 3.36. The van der Waals surface area contributed by atoms with E-state index < -0.39 is 0 Å². The van der Waals surface area contributed by atoms with E-state index in [-0.39, 0.29) is 0 Å². The molecule has 18 heavy (non-hydrogen) atoms. The maximum absolute atomic E-state index is 4.44. The summed E-state index contributed by atoms with van der Waals surface area (Å²) >= 11 is 0. The Morgan fingerprint density at radius 2 is 1.72 bits per heavy atom. The first-order valence-electron chi connectivity index (χ1n) is 6.55. The number of nitrogens with zero attached hydrogens (tertiary/aromatic N) is 2. The third-order valence-corrected chi connectivity index (χ3v) is 2.29. The van der Waals surface area contributed by atoms with E-state index in [0.29, 0.717) is 0 Å². The smallest absolute Gasteiger partial charge is 0.112 e. The number of para-hydroxylation sites is 2. The van der Waals surface area contributed by atoms with Gasteiger partial charge in [-0.3, -0.25) is 4.57 Å². The molecule has 3 nitrogen and oxygen atoms in total. The summed E-state index contributed by atoms with van der Waals surface area (Å²) in [6.07, 6.45) is 0. The summed E-state index contributed by atoms with van der Waals surface area (Å²) in [6.45, 7) is 13.9. The average molecular weight is 247 g/mol. The van der Waals surface area contributed by atoms with Crippen LogP contribution in [0.25, 0.3) is 16.9 Å². The number of nitrogens with one attached hydrogen (secondary N) is 1. The highest BCUT2D eigenvalue weighted by atomic mass is 15.2. The molecule has 0 spiro atoms. The molecule has 0 amide bonds. The van der Waals surface area contributed by atoms with Crippen molar-refractivity contribution >= 4 is 16.9 Å². The van der Waals surface area contributed by atoms with Crippen LogP contribution in [-0.4, -0.2) is 16.6 Å². The average Bonchev–Trinajstić information content (AvgIpc) is 2.78. The lowest BCUT2D eigenvalue weighted by Crippen LogP contribution is -2.11. The van der Waals surface area contributed by atoms with Crippen LogP contribution in [0, 0.1) is 6.92 Å². The molecule has 0 aliphatic rings. The van der Waals surface area contributed by atoms with Gasteiger partial charge in [0, 0.05) is 7.05 Å². The lowest BCUT2D eigenvalue weighted by molar-refractivity contribution is 0.933. The Balaban J connectivity index is 0.000000659. The molecule has 1 aromatic heterocycles. The van der Waals surface area contributed by atoms with Crippen molar-refractivity contribution in [2.24, 2.45) is 0 Å². The molecule has 0 saturated carbocycles. The van der Waals surface area contributed by atoms with Crippen molar-refractivity contribution in [2.45, 2.75) is 34.6 Å². The number of hydrogen-bond donors (Lipinski definition) is 1. The van der Waals surface area contributed by atoms with E-state index in [9.17, 15) is 0 Å². The molecule has 3 heteroatoms. The summed E-state index contributed by atoms with van der Waals surface area (Å²) < 4.78 is 2.01. The van der Waals surface area contributed by atoms with Gasteiger partial charge in [0.25, 0.3) is 0 Å². The van der Waals surface area contributed by atoms with Gasteiger partial charge >= 0.3 is 0 Å². The second-order valence-corrected chi connectivity index (χ2v) is 3.18. The molecule has 0 unspecified atom stereocenters. The number of hydrogen-bond acceptors (Lipinski definition) is 2. The van der Waals surface area contributed by atoms with E-state index in [2.05, 4.69) is 16.9 Å². The molecule has 0 bridgehead atoms. The van der Waals surface area contributed by atoms with Crippen molar-refractivity contribution in [1.29, 1.82) is 0 Å². The van der Waals surface area contributed by atoms with Crippen molar-refractivity contribution in [3.63, 3.8) is 0 Å². The minimum absolute atomic E-state index is 0.844. The van der Waals surface area contributed by atoms with Gasteiger partial charge in [-0.05, 0) is 19.1 Å². The number of aryl methyl sites for hydroxylation is 1. The Morgan fingerprint density at radius 3 is 2.28 bits per heavy atom. The van der Waals surface area contributed by atoms with Gasteiger partial charge in [0.1, 0.15) is 11.6 Å². The van der Waals surface area contributed by atoms with Crippen LogP contribution in [0.2, 0.25) is 0 Å². The zero-order chi connectivity index (χ0) is 14.1. The van der Waals surface area contributed by atoms with Crippen LogP contribution in [0.4, 0.5) is 0 Å². The molecular weight excluding hydrogens is 222 g/mol. The summed E-state index contributed by atoms with van der Waals surface area (Å²) in [6, 6.07) is 8.03. The first-order valence-corrected chi connectivity index (χ1v) is 6.55. The molecule has 1 heterocycles. The quantitative estimate of drug-likeness (QED) is 0.867. The van der Waals surface area contributed by atoms with Gasteiger partial charge in [0.15, 0.2) is 0 Å². The summed E-state index contributed by atoms with van der Waals surface area (Å²) in [5, 5.41) is 3.03. The van der Waals surface area contributed by atoms with Gasteiger partial charge in [-0.15, -0.1) is 0 Å². The Morgan fingerprint density at radius 1 is 1.17 bits per heavy atom. The molecule has 2 rings (SSSR count). The Bertz CT molecular complexity index is 483. The van der Waals surface area contributed by atoms with Crippen LogP contribution in [0.15, 0.2) is 30.8 Å². The maximum atomic E-state index is 4.44. The molecule has 2 aromatic rings. The topological polar surface area (TPSA) is 29.9 Å². The van der Waals surface area contributed by atoms with Crippen LogP contribution >= 0.6 is 0 Å². The molecule has 0 saturated heterocycles. The highest BCUT2D eigenvalue weighted by Gasteiger charge is 2.07. The fourth-order valence-electron chi connectivity index (χ4n) is 1.60. The van der Waals surface area contributed by atoms with E-state index in [1.807, 2.05) is 70.5 Å². The van der Waals surface area contributed by atoms with E-state index in [1.54, 1.807) is 0 Å². The predicted octanol–water partition coefficient (Wildman–Crippen LogP) is 4.04. The van der Waals surface area contributed by atoms with Gasteiger partial charge in [0.2, 0.25) is 0 Å². The van der Waals surface area contributed by atoms with Gasteiger partial charge in [0.05, 0.1) is 11.0 Å². The van der Waals surface area contributed by atoms with E-state index in [0.717, 1.165) is 22.7 Å². The zero-order valence-corrected chi connectivity index (χ0v) is 12.4. The number of benzene rings is 1. The maximum Gasteiger partial charge on any atom is 0.112 e. The second-order valence-electron chi connectivity index (χ2n) is 3.18. The normalized spacial score (nSPS) is 8.78. The molecule has 1 N–H and O–H groups in total. The standard InChI is InChI=1S/C11H13N3.2C2H6/c1-8(12-3)14-9(2)13-10-6-4-5-7-11(10)14;2*1-2/h4-7,12H,1H2,2-3H3;2*1-2H3. The fraction of sp³-hybridized carbons (Fsp3) is 0.400. The van der Waals surface area contributed by atoms with Crippen LogP contribution in [0.3, 0.4) is 0 Å². The highest BCUT2D eigenvalue weighted by Crippen LogP contribution is 2.17. The molecule has 1 aromatic carbocycles. The van der Waals surface area contributed by atoms with Gasteiger partial charge in [-0.25, -0.2) is 4.98 Å². The van der Waals surface area contributed by atoms with E-state index in [1.165, 1.54) is 0 Å². The molecule has 0 fully saturated rings. The fourth-order valence-corrected chi connectivity index (χ4v) is 1.60. The first kappa shape index (κ1) is 16.2. The Kier molecular flexibility index (Phi) is 7.52. The second kappa shape index (κ2) is 8.34. The summed E-state index contributed by atoms with van der Waals surface area (Å²) in [7, 11) is 1.86. The summed E-state index contributed by atoms with van der Waals surface area (Å²) in [5.41, 5.74) is 2.09. The van der Waals surface area contributed by atoms with Crippen molar-refractivity contribution in [3.05, 3.63) is 36.7 Å². The predicted molar refractivity (Wildman–Crippen MR) is 81.6 cm³/mol. The van der Waals surface area contributed by atoms with Crippen LogP contribution in [0.1, 0.15) is 33.5 Å². The highest BCUT2D eigenvalue weighted by molar-refractivity contribution is 5.79. The lowest BCUT2D eigenvalue weighted by Gasteiger charge is -2.08. The Labute approximate surface area is 111 Å².